The zero-order chi connectivity index (χ0) is 19.1. The number of H-pyrrole nitrogens is 1. The quantitative estimate of drug-likeness (QED) is 0.564. The number of piperidine rings is 1. The highest BCUT2D eigenvalue weighted by Crippen LogP contribution is 2.33. The van der Waals surface area contributed by atoms with Crippen LogP contribution in [0.15, 0.2) is 67.0 Å². The molecule has 1 saturated heterocycles. The van der Waals surface area contributed by atoms with Gasteiger partial charge in [0, 0.05) is 42.4 Å². The van der Waals surface area contributed by atoms with Crippen LogP contribution in [0.25, 0.3) is 21.8 Å². The standard InChI is InChI=1S/C23H21N3O2/c27-21-14-26(23(28)17-6-5-15-3-1-2-4-16(15)13-17)12-9-19(21)18-7-10-24-22-20(18)8-11-25-22/h1-8,10-11,13,19,21,27H,9,12,14H2,(H,24,25). The lowest BCUT2D eigenvalue weighted by atomic mass is 9.86. The van der Waals surface area contributed by atoms with Crippen molar-refractivity contribution in [3.63, 3.8) is 0 Å². The monoisotopic (exact) mass is 371 g/mol. The van der Waals surface area contributed by atoms with Crippen LogP contribution >= 0.6 is 0 Å². The van der Waals surface area contributed by atoms with Gasteiger partial charge in [0.2, 0.25) is 0 Å². The molecule has 2 aromatic carbocycles. The molecule has 0 bridgehead atoms. The number of rotatable bonds is 2. The number of nitrogens with zero attached hydrogens (tertiary/aromatic N) is 2. The molecule has 2 N–H and O–H groups in total. The molecule has 2 unspecified atom stereocenters. The minimum atomic E-state index is -0.598. The molecule has 4 aromatic rings. The maximum atomic E-state index is 13.0. The maximum Gasteiger partial charge on any atom is 0.253 e. The molecule has 1 aliphatic heterocycles. The van der Waals surface area contributed by atoms with E-state index in [1.165, 1.54) is 0 Å². The highest BCUT2D eigenvalue weighted by molar-refractivity contribution is 5.98. The molecule has 0 spiro atoms. The lowest BCUT2D eigenvalue weighted by Gasteiger charge is -2.36. The number of carbonyl (C=O) groups is 1. The zero-order valence-electron chi connectivity index (χ0n) is 15.4. The maximum absolute atomic E-state index is 13.0. The number of likely N-dealkylation sites (tertiary alicyclic amines) is 1. The van der Waals surface area contributed by atoms with Gasteiger partial charge in [-0.1, -0.05) is 30.3 Å². The van der Waals surface area contributed by atoms with Gasteiger partial charge in [-0.15, -0.1) is 0 Å². The first-order valence-electron chi connectivity index (χ1n) is 9.59. The van der Waals surface area contributed by atoms with Crippen LogP contribution in [0, 0.1) is 0 Å². The molecule has 1 aliphatic rings. The van der Waals surface area contributed by atoms with Gasteiger partial charge < -0.3 is 15.0 Å². The molecule has 3 heterocycles. The van der Waals surface area contributed by atoms with Crippen molar-refractivity contribution in [2.75, 3.05) is 13.1 Å². The minimum absolute atomic E-state index is 0.00181. The van der Waals surface area contributed by atoms with Gasteiger partial charge in [-0.25, -0.2) is 4.98 Å². The van der Waals surface area contributed by atoms with E-state index >= 15 is 0 Å². The second-order valence-electron chi connectivity index (χ2n) is 7.42. The summed E-state index contributed by atoms with van der Waals surface area (Å²) in [5.74, 6) is -0.0215. The summed E-state index contributed by atoms with van der Waals surface area (Å²) >= 11 is 0. The van der Waals surface area contributed by atoms with Gasteiger partial charge in [-0.2, -0.15) is 0 Å². The number of hydrogen-bond donors (Lipinski definition) is 2. The Morgan fingerprint density at radius 3 is 2.82 bits per heavy atom. The van der Waals surface area contributed by atoms with Crippen LogP contribution in [0.5, 0.6) is 0 Å². The van der Waals surface area contributed by atoms with Crippen LogP contribution in [-0.2, 0) is 0 Å². The Balaban J connectivity index is 1.37. The summed E-state index contributed by atoms with van der Waals surface area (Å²) in [5.41, 5.74) is 2.59. The van der Waals surface area contributed by atoms with Crippen molar-refractivity contribution in [2.45, 2.75) is 18.4 Å². The summed E-state index contributed by atoms with van der Waals surface area (Å²) in [4.78, 5) is 22.2. The van der Waals surface area contributed by atoms with Crippen molar-refractivity contribution < 1.29 is 9.90 Å². The summed E-state index contributed by atoms with van der Waals surface area (Å²) in [6, 6.07) is 17.8. The van der Waals surface area contributed by atoms with Crippen LogP contribution in [0.4, 0.5) is 0 Å². The number of benzene rings is 2. The van der Waals surface area contributed by atoms with E-state index < -0.39 is 6.10 Å². The van der Waals surface area contributed by atoms with Crippen molar-refractivity contribution in [3.05, 3.63) is 78.1 Å². The molecule has 1 amide bonds. The number of aromatic nitrogens is 2. The highest BCUT2D eigenvalue weighted by Gasteiger charge is 2.32. The molecule has 2 atom stereocenters. The second-order valence-corrected chi connectivity index (χ2v) is 7.42. The van der Waals surface area contributed by atoms with Crippen LogP contribution in [0.1, 0.15) is 28.3 Å². The highest BCUT2D eigenvalue weighted by atomic mass is 16.3. The average molecular weight is 371 g/mol. The second kappa shape index (κ2) is 6.77. The molecule has 5 rings (SSSR count). The van der Waals surface area contributed by atoms with E-state index in [9.17, 15) is 9.90 Å². The van der Waals surface area contributed by atoms with E-state index in [4.69, 9.17) is 0 Å². The molecule has 5 nitrogen and oxygen atoms in total. The van der Waals surface area contributed by atoms with Crippen LogP contribution in [-0.4, -0.2) is 45.1 Å². The lowest BCUT2D eigenvalue weighted by Crippen LogP contribution is -2.45. The van der Waals surface area contributed by atoms with Gasteiger partial charge in [0.05, 0.1) is 6.10 Å². The number of fused-ring (bicyclic) bond motifs is 2. The number of aliphatic hydroxyl groups excluding tert-OH is 1. The number of β-amino-alcohol motifs (C(OH)–C–C–N with tert-alkyl or cyclic N) is 1. The van der Waals surface area contributed by atoms with Crippen LogP contribution in [0.3, 0.4) is 0 Å². The minimum Gasteiger partial charge on any atom is -0.391 e. The van der Waals surface area contributed by atoms with Gasteiger partial charge in [-0.05, 0) is 47.0 Å². The van der Waals surface area contributed by atoms with Gasteiger partial charge in [0.25, 0.3) is 5.91 Å². The number of pyridine rings is 1. The fourth-order valence-corrected chi connectivity index (χ4v) is 4.29. The predicted octanol–water partition coefficient (Wildman–Crippen LogP) is 3.71. The molecule has 0 saturated carbocycles. The zero-order valence-corrected chi connectivity index (χ0v) is 15.4. The topological polar surface area (TPSA) is 69.2 Å². The predicted molar refractivity (Wildman–Crippen MR) is 109 cm³/mol. The van der Waals surface area contributed by atoms with E-state index in [0.717, 1.165) is 33.8 Å². The van der Waals surface area contributed by atoms with Gasteiger partial charge in [0.1, 0.15) is 5.65 Å². The Morgan fingerprint density at radius 1 is 1.11 bits per heavy atom. The van der Waals surface area contributed by atoms with E-state index in [1.54, 1.807) is 11.1 Å². The molecule has 140 valence electrons. The molecular formula is C23H21N3O2. The largest absolute Gasteiger partial charge is 0.391 e. The number of amides is 1. The smallest absolute Gasteiger partial charge is 0.253 e. The van der Waals surface area contributed by atoms with Crippen molar-refractivity contribution in [2.24, 2.45) is 0 Å². The fraction of sp³-hybridized carbons (Fsp3) is 0.217. The van der Waals surface area contributed by atoms with E-state index in [1.807, 2.05) is 60.8 Å². The number of nitrogens with one attached hydrogen (secondary N) is 1. The van der Waals surface area contributed by atoms with Gasteiger partial charge in [-0.3, -0.25) is 4.79 Å². The van der Waals surface area contributed by atoms with E-state index in [-0.39, 0.29) is 11.8 Å². The van der Waals surface area contributed by atoms with E-state index in [0.29, 0.717) is 18.7 Å². The molecule has 28 heavy (non-hydrogen) atoms. The Bertz CT molecular complexity index is 1170. The molecule has 1 fully saturated rings. The summed E-state index contributed by atoms with van der Waals surface area (Å²) in [6.07, 6.45) is 3.77. The summed E-state index contributed by atoms with van der Waals surface area (Å²) in [7, 11) is 0. The Morgan fingerprint density at radius 2 is 1.96 bits per heavy atom. The first kappa shape index (κ1) is 17.0. The number of aliphatic hydroxyl groups is 1. The molecule has 2 aromatic heterocycles. The first-order valence-corrected chi connectivity index (χ1v) is 9.59. The molecular weight excluding hydrogens is 350 g/mol. The first-order chi connectivity index (χ1) is 13.7. The summed E-state index contributed by atoms with van der Waals surface area (Å²) in [6.45, 7) is 0.964. The molecule has 5 heteroatoms. The lowest BCUT2D eigenvalue weighted by molar-refractivity contribution is 0.0384. The third-order valence-electron chi connectivity index (χ3n) is 5.76. The average Bonchev–Trinajstić information content (AvgIpc) is 3.22. The molecule has 0 radical (unpaired) electrons. The van der Waals surface area contributed by atoms with Crippen molar-refractivity contribution in [3.8, 4) is 0 Å². The normalized spacial score (nSPS) is 20.0. The number of hydrogen-bond acceptors (Lipinski definition) is 3. The Hall–Kier alpha value is -3.18. The van der Waals surface area contributed by atoms with Crippen LogP contribution < -0.4 is 0 Å². The fourth-order valence-electron chi connectivity index (χ4n) is 4.29. The van der Waals surface area contributed by atoms with Gasteiger partial charge >= 0.3 is 0 Å². The van der Waals surface area contributed by atoms with Crippen LogP contribution in [0.2, 0.25) is 0 Å². The van der Waals surface area contributed by atoms with Crippen molar-refractivity contribution in [1.29, 1.82) is 0 Å². The summed E-state index contributed by atoms with van der Waals surface area (Å²) in [5, 5.41) is 14.0. The number of aromatic amines is 1. The Labute approximate surface area is 162 Å². The van der Waals surface area contributed by atoms with Gasteiger partial charge in [0.15, 0.2) is 0 Å². The Kier molecular flexibility index (Phi) is 4.10. The third-order valence-corrected chi connectivity index (χ3v) is 5.76. The van der Waals surface area contributed by atoms with E-state index in [2.05, 4.69) is 9.97 Å². The SMILES string of the molecule is O=C(c1ccc2ccccc2c1)N1CCC(c2ccnc3[nH]ccc23)C(O)C1. The molecule has 0 aliphatic carbocycles. The van der Waals surface area contributed by atoms with Crippen molar-refractivity contribution in [1.82, 2.24) is 14.9 Å². The number of carbonyl (C=O) groups excluding carboxylic acids is 1. The van der Waals surface area contributed by atoms with Crippen molar-refractivity contribution >= 4 is 27.7 Å². The summed E-state index contributed by atoms with van der Waals surface area (Å²) < 4.78 is 0. The third kappa shape index (κ3) is 2.84.